The highest BCUT2D eigenvalue weighted by Gasteiger charge is 2.14. The van der Waals surface area contributed by atoms with Gasteiger partial charge in [-0.25, -0.2) is 9.59 Å². The number of urea groups is 1. The minimum absolute atomic E-state index is 0.385. The monoisotopic (exact) mass is 218 g/mol. The fourth-order valence-corrected chi connectivity index (χ4v) is 0.902. The van der Waals surface area contributed by atoms with Crippen molar-refractivity contribution in [1.29, 1.82) is 0 Å². The molecule has 1 atom stereocenters. The van der Waals surface area contributed by atoms with Crippen LogP contribution in [0.25, 0.3) is 0 Å². The number of amides is 2. The third kappa shape index (κ3) is 6.73. The molecule has 0 fully saturated rings. The summed E-state index contributed by atoms with van der Waals surface area (Å²) in [5.41, 5.74) is 0. The highest BCUT2D eigenvalue weighted by Crippen LogP contribution is 1.85. The summed E-state index contributed by atoms with van der Waals surface area (Å²) >= 11 is 0. The number of carbonyl (C=O) groups excluding carboxylic acids is 2. The first kappa shape index (κ1) is 13.7. The van der Waals surface area contributed by atoms with Gasteiger partial charge in [-0.2, -0.15) is 0 Å². The summed E-state index contributed by atoms with van der Waals surface area (Å²) in [6.07, 6.45) is 0.733. The Morgan fingerprint density at radius 3 is 2.53 bits per heavy atom. The third-order valence-electron chi connectivity index (χ3n) is 1.71. The van der Waals surface area contributed by atoms with E-state index in [9.17, 15) is 9.59 Å². The smallest absolute Gasteiger partial charge is 0.328 e. The Kier molecular flexibility index (Phi) is 7.35. The lowest BCUT2D eigenvalue weighted by atomic mass is 10.3. The topological polar surface area (TPSA) is 76.7 Å². The summed E-state index contributed by atoms with van der Waals surface area (Å²) in [4.78, 5) is 22.1. The van der Waals surface area contributed by atoms with E-state index in [2.05, 4.69) is 15.4 Å². The standard InChI is InChI=1S/C9H18N2O4/c1-7(8(12)15-3)11-9(13)10-5-4-6-14-2/h7H,4-6H2,1-3H3,(H2,10,11,13). The van der Waals surface area contributed by atoms with E-state index >= 15 is 0 Å². The Morgan fingerprint density at radius 2 is 2.00 bits per heavy atom. The van der Waals surface area contributed by atoms with Crippen LogP contribution in [0.2, 0.25) is 0 Å². The van der Waals surface area contributed by atoms with Gasteiger partial charge in [-0.3, -0.25) is 0 Å². The Balaban J connectivity index is 3.60. The molecule has 2 amide bonds. The van der Waals surface area contributed by atoms with Crippen molar-refractivity contribution in [1.82, 2.24) is 10.6 Å². The van der Waals surface area contributed by atoms with E-state index < -0.39 is 12.0 Å². The number of ether oxygens (including phenoxy) is 2. The van der Waals surface area contributed by atoms with Crippen molar-refractivity contribution >= 4 is 12.0 Å². The Morgan fingerprint density at radius 1 is 1.33 bits per heavy atom. The van der Waals surface area contributed by atoms with Gasteiger partial charge in [0.05, 0.1) is 7.11 Å². The molecule has 2 N–H and O–H groups in total. The van der Waals surface area contributed by atoms with Gasteiger partial charge in [-0.1, -0.05) is 0 Å². The number of nitrogens with one attached hydrogen (secondary N) is 2. The molecule has 0 aliphatic rings. The Bertz CT molecular complexity index is 208. The average molecular weight is 218 g/mol. The lowest BCUT2D eigenvalue weighted by Crippen LogP contribution is -2.45. The molecule has 15 heavy (non-hydrogen) atoms. The van der Waals surface area contributed by atoms with Gasteiger partial charge in [-0.15, -0.1) is 0 Å². The molecule has 0 aromatic heterocycles. The van der Waals surface area contributed by atoms with Crippen LogP contribution < -0.4 is 10.6 Å². The lowest BCUT2D eigenvalue weighted by molar-refractivity contribution is -0.142. The Labute approximate surface area is 89.3 Å². The van der Waals surface area contributed by atoms with Gasteiger partial charge in [0, 0.05) is 20.3 Å². The predicted molar refractivity (Wildman–Crippen MR) is 54.5 cm³/mol. The van der Waals surface area contributed by atoms with E-state index in [1.165, 1.54) is 7.11 Å². The normalized spacial score (nSPS) is 11.7. The second kappa shape index (κ2) is 8.05. The summed E-state index contributed by atoms with van der Waals surface area (Å²) in [6.45, 7) is 2.65. The lowest BCUT2D eigenvalue weighted by Gasteiger charge is -2.12. The summed E-state index contributed by atoms with van der Waals surface area (Å²) < 4.78 is 9.27. The fraction of sp³-hybridized carbons (Fsp3) is 0.778. The molecule has 0 aromatic carbocycles. The Hall–Kier alpha value is -1.30. The molecule has 0 spiro atoms. The number of esters is 1. The summed E-state index contributed by atoms with van der Waals surface area (Å²) in [6, 6.07) is -1.03. The molecule has 88 valence electrons. The van der Waals surface area contributed by atoms with Gasteiger partial charge in [0.2, 0.25) is 0 Å². The van der Waals surface area contributed by atoms with Crippen LogP contribution in [0.3, 0.4) is 0 Å². The molecule has 0 heterocycles. The number of hydrogen-bond acceptors (Lipinski definition) is 4. The quantitative estimate of drug-likeness (QED) is 0.481. The van der Waals surface area contributed by atoms with E-state index in [1.54, 1.807) is 14.0 Å². The number of methoxy groups -OCH3 is 2. The molecule has 0 radical (unpaired) electrons. The van der Waals surface area contributed by atoms with E-state index in [4.69, 9.17) is 4.74 Å². The largest absolute Gasteiger partial charge is 0.467 e. The molecule has 6 heteroatoms. The van der Waals surface area contributed by atoms with E-state index in [0.29, 0.717) is 13.2 Å². The van der Waals surface area contributed by atoms with Gasteiger partial charge >= 0.3 is 12.0 Å². The molecule has 0 saturated heterocycles. The second-order valence-corrected chi connectivity index (χ2v) is 2.99. The molecule has 0 aliphatic heterocycles. The minimum atomic E-state index is -0.641. The van der Waals surface area contributed by atoms with Crippen molar-refractivity contribution in [2.45, 2.75) is 19.4 Å². The van der Waals surface area contributed by atoms with Gasteiger partial charge in [-0.05, 0) is 13.3 Å². The molecule has 0 rings (SSSR count). The maximum absolute atomic E-state index is 11.2. The summed E-state index contributed by atoms with van der Waals surface area (Å²) in [7, 11) is 2.87. The molecule has 0 bridgehead atoms. The van der Waals surface area contributed by atoms with Crippen molar-refractivity contribution in [3.8, 4) is 0 Å². The summed E-state index contributed by atoms with van der Waals surface area (Å²) in [5.74, 6) is -0.470. The van der Waals surface area contributed by atoms with Crippen molar-refractivity contribution in [2.75, 3.05) is 27.4 Å². The molecule has 0 aromatic rings. The molecular weight excluding hydrogens is 200 g/mol. The summed E-state index contributed by atoms with van der Waals surface area (Å²) in [5, 5.41) is 5.03. The van der Waals surface area contributed by atoms with Crippen molar-refractivity contribution in [3.63, 3.8) is 0 Å². The molecule has 6 nitrogen and oxygen atoms in total. The van der Waals surface area contributed by atoms with Gasteiger partial charge in [0.15, 0.2) is 0 Å². The molecule has 0 saturated carbocycles. The van der Waals surface area contributed by atoms with Crippen molar-refractivity contribution in [3.05, 3.63) is 0 Å². The molecule has 1 unspecified atom stereocenters. The van der Waals surface area contributed by atoms with E-state index in [0.717, 1.165) is 6.42 Å². The third-order valence-corrected chi connectivity index (χ3v) is 1.71. The average Bonchev–Trinajstić information content (AvgIpc) is 2.23. The van der Waals surface area contributed by atoms with Crippen LogP contribution in [-0.4, -0.2) is 45.4 Å². The van der Waals surface area contributed by atoms with Crippen LogP contribution in [0.5, 0.6) is 0 Å². The number of carbonyl (C=O) groups is 2. The number of hydrogen-bond donors (Lipinski definition) is 2. The van der Waals surface area contributed by atoms with Gasteiger partial charge in [0.1, 0.15) is 6.04 Å². The van der Waals surface area contributed by atoms with Crippen LogP contribution in [0.15, 0.2) is 0 Å². The minimum Gasteiger partial charge on any atom is -0.467 e. The zero-order chi connectivity index (χ0) is 11.7. The first-order chi connectivity index (χ1) is 7.11. The zero-order valence-electron chi connectivity index (χ0n) is 9.33. The fourth-order valence-electron chi connectivity index (χ4n) is 0.902. The number of rotatable bonds is 6. The second-order valence-electron chi connectivity index (χ2n) is 2.99. The van der Waals surface area contributed by atoms with E-state index in [1.807, 2.05) is 0 Å². The zero-order valence-corrected chi connectivity index (χ0v) is 9.33. The van der Waals surface area contributed by atoms with Crippen LogP contribution >= 0.6 is 0 Å². The maximum Gasteiger partial charge on any atom is 0.328 e. The van der Waals surface area contributed by atoms with Crippen molar-refractivity contribution < 1.29 is 19.1 Å². The highest BCUT2D eigenvalue weighted by molar-refractivity contribution is 5.83. The van der Waals surface area contributed by atoms with E-state index in [-0.39, 0.29) is 6.03 Å². The van der Waals surface area contributed by atoms with Crippen LogP contribution in [0.1, 0.15) is 13.3 Å². The van der Waals surface area contributed by atoms with Gasteiger partial charge < -0.3 is 20.1 Å². The molecule has 0 aliphatic carbocycles. The first-order valence-electron chi connectivity index (χ1n) is 4.73. The van der Waals surface area contributed by atoms with Gasteiger partial charge in [0.25, 0.3) is 0 Å². The SMILES string of the molecule is COCCCNC(=O)NC(C)C(=O)OC. The van der Waals surface area contributed by atoms with Crippen LogP contribution in [0, 0.1) is 0 Å². The van der Waals surface area contributed by atoms with Crippen molar-refractivity contribution in [2.24, 2.45) is 0 Å². The van der Waals surface area contributed by atoms with Crippen LogP contribution in [-0.2, 0) is 14.3 Å². The molecular formula is C9H18N2O4. The first-order valence-corrected chi connectivity index (χ1v) is 4.73. The predicted octanol–water partition coefficient (Wildman–Crippen LogP) is -0.116. The van der Waals surface area contributed by atoms with Crippen LogP contribution in [0.4, 0.5) is 4.79 Å². The highest BCUT2D eigenvalue weighted by atomic mass is 16.5. The maximum atomic E-state index is 11.2.